The van der Waals surface area contributed by atoms with Gasteiger partial charge in [0.25, 0.3) is 5.91 Å². The maximum atomic E-state index is 12.1. The Balaban J connectivity index is 1.91. The molecule has 1 heterocycles. The van der Waals surface area contributed by atoms with Crippen molar-refractivity contribution in [2.24, 2.45) is 7.05 Å². The van der Waals surface area contributed by atoms with Gasteiger partial charge in [-0.25, -0.2) is 0 Å². The lowest BCUT2D eigenvalue weighted by atomic mass is 10.00. The molecule has 124 valence electrons. The van der Waals surface area contributed by atoms with Crippen LogP contribution in [0.25, 0.3) is 0 Å². The Labute approximate surface area is 140 Å². The molecule has 7 heteroatoms. The van der Waals surface area contributed by atoms with Gasteiger partial charge in [0.05, 0.1) is 12.7 Å². The van der Waals surface area contributed by atoms with E-state index in [9.17, 15) is 9.90 Å². The van der Waals surface area contributed by atoms with Crippen LogP contribution in [0.15, 0.2) is 36.7 Å². The van der Waals surface area contributed by atoms with E-state index in [0.29, 0.717) is 16.3 Å². The van der Waals surface area contributed by atoms with Crippen LogP contribution in [0.1, 0.15) is 19.4 Å². The largest absolute Gasteiger partial charge is 0.481 e. The highest BCUT2D eigenvalue weighted by Crippen LogP contribution is 2.20. The van der Waals surface area contributed by atoms with Crippen LogP contribution in [0.4, 0.5) is 0 Å². The van der Waals surface area contributed by atoms with E-state index in [1.165, 1.54) is 0 Å². The lowest BCUT2D eigenvalue weighted by molar-refractivity contribution is -0.128. The molecule has 0 saturated heterocycles. The summed E-state index contributed by atoms with van der Waals surface area (Å²) in [5.74, 6) is 0.188. The minimum absolute atomic E-state index is 0.0563. The quantitative estimate of drug-likeness (QED) is 0.843. The summed E-state index contributed by atoms with van der Waals surface area (Å²) in [5, 5.41) is 17.7. The highest BCUT2D eigenvalue weighted by molar-refractivity contribution is 6.30. The highest BCUT2D eigenvalue weighted by Gasteiger charge is 2.26. The van der Waals surface area contributed by atoms with Crippen LogP contribution < -0.4 is 10.1 Å². The van der Waals surface area contributed by atoms with Crippen molar-refractivity contribution < 1.29 is 14.6 Å². The molecule has 1 aromatic carbocycles. The molecule has 0 bridgehead atoms. The fraction of sp³-hybridized carbons (Fsp3) is 0.375. The Kier molecular flexibility index (Phi) is 5.28. The molecule has 2 aromatic rings. The Morgan fingerprint density at radius 2 is 2.30 bits per heavy atom. The van der Waals surface area contributed by atoms with E-state index in [0.717, 1.165) is 0 Å². The molecule has 2 N–H and O–H groups in total. The fourth-order valence-corrected chi connectivity index (χ4v) is 2.18. The van der Waals surface area contributed by atoms with Crippen LogP contribution in [0.3, 0.4) is 0 Å². The number of rotatable bonds is 6. The van der Waals surface area contributed by atoms with Gasteiger partial charge < -0.3 is 15.2 Å². The van der Waals surface area contributed by atoms with Gasteiger partial charge in [-0.05, 0) is 32.0 Å². The molecule has 0 spiro atoms. The SMILES string of the molecule is CC(Oc1cccc(Cl)c1)C(=O)NCC(C)(O)c1cnn(C)c1. The van der Waals surface area contributed by atoms with E-state index < -0.39 is 11.7 Å². The van der Waals surface area contributed by atoms with E-state index in [1.807, 2.05) is 0 Å². The average molecular weight is 338 g/mol. The molecule has 2 unspecified atom stereocenters. The van der Waals surface area contributed by atoms with Crippen LogP contribution in [0, 0.1) is 0 Å². The maximum Gasteiger partial charge on any atom is 0.260 e. The summed E-state index contributed by atoms with van der Waals surface area (Å²) < 4.78 is 7.13. The lowest BCUT2D eigenvalue weighted by Crippen LogP contribution is -2.43. The molecule has 0 radical (unpaired) electrons. The van der Waals surface area contributed by atoms with Crippen molar-refractivity contribution in [2.45, 2.75) is 25.6 Å². The third kappa shape index (κ3) is 4.71. The van der Waals surface area contributed by atoms with Crippen LogP contribution in [0.2, 0.25) is 5.02 Å². The predicted molar refractivity (Wildman–Crippen MR) is 87.3 cm³/mol. The van der Waals surface area contributed by atoms with E-state index >= 15 is 0 Å². The smallest absolute Gasteiger partial charge is 0.260 e. The first-order valence-electron chi connectivity index (χ1n) is 7.19. The molecule has 23 heavy (non-hydrogen) atoms. The summed E-state index contributed by atoms with van der Waals surface area (Å²) in [6, 6.07) is 6.83. The normalized spacial score (nSPS) is 14.8. The van der Waals surface area contributed by atoms with Crippen molar-refractivity contribution in [3.63, 3.8) is 0 Å². The molecular weight excluding hydrogens is 318 g/mol. The monoisotopic (exact) mass is 337 g/mol. The van der Waals surface area contributed by atoms with Crippen LogP contribution in [-0.4, -0.2) is 33.4 Å². The van der Waals surface area contributed by atoms with Gasteiger partial charge in [0.1, 0.15) is 11.4 Å². The first kappa shape index (κ1) is 17.3. The molecule has 0 aliphatic rings. The molecule has 1 amide bonds. The van der Waals surface area contributed by atoms with Crippen molar-refractivity contribution in [3.8, 4) is 5.75 Å². The van der Waals surface area contributed by atoms with Crippen molar-refractivity contribution in [2.75, 3.05) is 6.54 Å². The zero-order chi connectivity index (χ0) is 17.0. The maximum absolute atomic E-state index is 12.1. The number of carbonyl (C=O) groups is 1. The summed E-state index contributed by atoms with van der Waals surface area (Å²) in [6.45, 7) is 3.31. The summed E-state index contributed by atoms with van der Waals surface area (Å²) in [7, 11) is 1.76. The van der Waals surface area contributed by atoms with Crippen LogP contribution in [-0.2, 0) is 17.4 Å². The number of amides is 1. The van der Waals surface area contributed by atoms with Gasteiger partial charge in [-0.15, -0.1) is 0 Å². The van der Waals surface area contributed by atoms with Gasteiger partial charge in [-0.2, -0.15) is 5.10 Å². The molecule has 0 aliphatic carbocycles. The number of hydrogen-bond acceptors (Lipinski definition) is 4. The molecule has 0 aliphatic heterocycles. The Bertz CT molecular complexity index is 685. The van der Waals surface area contributed by atoms with Crippen LogP contribution in [0.5, 0.6) is 5.75 Å². The molecule has 1 aromatic heterocycles. The zero-order valence-electron chi connectivity index (χ0n) is 13.3. The number of aliphatic hydroxyl groups is 1. The Hall–Kier alpha value is -2.05. The number of ether oxygens (including phenoxy) is 1. The number of hydrogen-bond donors (Lipinski definition) is 2. The number of halogens is 1. The third-order valence-corrected chi connectivity index (χ3v) is 3.65. The minimum atomic E-state index is -1.21. The number of aromatic nitrogens is 2. The molecule has 6 nitrogen and oxygen atoms in total. The summed E-state index contributed by atoms with van der Waals surface area (Å²) in [5.41, 5.74) is -0.580. The number of benzene rings is 1. The first-order valence-corrected chi connectivity index (χ1v) is 7.57. The molecule has 2 rings (SSSR count). The second-order valence-corrected chi connectivity index (χ2v) is 6.05. The number of nitrogens with zero attached hydrogens (tertiary/aromatic N) is 2. The second kappa shape index (κ2) is 7.02. The number of aryl methyl sites for hydroxylation is 1. The Morgan fingerprint density at radius 1 is 1.57 bits per heavy atom. The first-order chi connectivity index (χ1) is 10.8. The summed E-state index contributed by atoms with van der Waals surface area (Å²) in [4.78, 5) is 12.1. The van der Waals surface area contributed by atoms with E-state index in [2.05, 4.69) is 10.4 Å². The summed E-state index contributed by atoms with van der Waals surface area (Å²) in [6.07, 6.45) is 2.56. The third-order valence-electron chi connectivity index (χ3n) is 3.41. The van der Waals surface area contributed by atoms with Gasteiger partial charge in [-0.1, -0.05) is 17.7 Å². The van der Waals surface area contributed by atoms with Crippen molar-refractivity contribution >= 4 is 17.5 Å². The lowest BCUT2D eigenvalue weighted by Gasteiger charge is -2.23. The molecular formula is C16H20ClN3O3. The van der Waals surface area contributed by atoms with Gasteiger partial charge in [-0.3, -0.25) is 9.48 Å². The molecule has 2 atom stereocenters. The van der Waals surface area contributed by atoms with Gasteiger partial charge in [0.15, 0.2) is 6.10 Å². The topological polar surface area (TPSA) is 76.4 Å². The fourth-order valence-electron chi connectivity index (χ4n) is 2.00. The molecule has 0 saturated carbocycles. The van der Waals surface area contributed by atoms with Gasteiger partial charge in [0.2, 0.25) is 0 Å². The van der Waals surface area contributed by atoms with E-state index in [-0.39, 0.29) is 12.5 Å². The van der Waals surface area contributed by atoms with Crippen molar-refractivity contribution in [1.82, 2.24) is 15.1 Å². The zero-order valence-corrected chi connectivity index (χ0v) is 14.0. The molecule has 0 fully saturated rings. The Morgan fingerprint density at radius 3 is 2.91 bits per heavy atom. The predicted octanol–water partition coefficient (Wildman–Crippen LogP) is 1.86. The number of carbonyl (C=O) groups excluding carboxylic acids is 1. The minimum Gasteiger partial charge on any atom is -0.481 e. The van der Waals surface area contributed by atoms with Crippen molar-refractivity contribution in [3.05, 3.63) is 47.2 Å². The highest BCUT2D eigenvalue weighted by atomic mass is 35.5. The van der Waals surface area contributed by atoms with E-state index in [1.54, 1.807) is 62.2 Å². The van der Waals surface area contributed by atoms with E-state index in [4.69, 9.17) is 16.3 Å². The van der Waals surface area contributed by atoms with Crippen LogP contribution >= 0.6 is 11.6 Å². The van der Waals surface area contributed by atoms with Crippen molar-refractivity contribution in [1.29, 1.82) is 0 Å². The van der Waals surface area contributed by atoms with Gasteiger partial charge >= 0.3 is 0 Å². The average Bonchev–Trinajstić information content (AvgIpc) is 2.92. The standard InChI is InChI=1S/C16H20ClN3O3/c1-11(23-14-6-4-5-13(17)7-14)15(21)18-10-16(2,22)12-8-19-20(3)9-12/h4-9,11,22H,10H2,1-3H3,(H,18,21). The number of nitrogens with one attached hydrogen (secondary N) is 1. The summed E-state index contributed by atoms with van der Waals surface area (Å²) >= 11 is 5.88. The van der Waals surface area contributed by atoms with Gasteiger partial charge in [0, 0.05) is 23.8 Å². The second-order valence-electron chi connectivity index (χ2n) is 5.61.